The van der Waals surface area contributed by atoms with Crippen molar-refractivity contribution in [2.75, 3.05) is 11.5 Å². The molecular formula is C18H23NO3S3. The van der Waals surface area contributed by atoms with Gasteiger partial charge in [-0.25, -0.2) is 0 Å². The van der Waals surface area contributed by atoms with Crippen LogP contribution in [0.25, 0.3) is 0 Å². The number of carbonyl (C=O) groups is 3. The van der Waals surface area contributed by atoms with Gasteiger partial charge in [-0.2, -0.15) is 0 Å². The van der Waals surface area contributed by atoms with Gasteiger partial charge in [-0.15, -0.1) is 0 Å². The van der Waals surface area contributed by atoms with Crippen LogP contribution < -0.4 is 5.32 Å². The fourth-order valence-electron chi connectivity index (χ4n) is 2.41. The van der Waals surface area contributed by atoms with E-state index in [-0.39, 0.29) is 10.4 Å². The van der Waals surface area contributed by atoms with Crippen molar-refractivity contribution < 1.29 is 14.4 Å². The lowest BCUT2D eigenvalue weighted by molar-refractivity contribution is -0.113. The molecule has 0 bridgehead atoms. The monoisotopic (exact) mass is 397 g/mol. The molecule has 1 N–H and O–H groups in total. The predicted octanol–water partition coefficient (Wildman–Crippen LogP) is 4.75. The largest absolute Gasteiger partial charge is 0.344 e. The Labute approximate surface area is 161 Å². The zero-order chi connectivity index (χ0) is 18.4. The molecule has 4 nitrogen and oxygen atoms in total. The molecule has 4 rings (SSSR count). The molecule has 3 heterocycles. The molecule has 7 heteroatoms. The van der Waals surface area contributed by atoms with Gasteiger partial charge in [-0.05, 0) is 25.8 Å². The Morgan fingerprint density at radius 2 is 1.76 bits per heavy atom. The van der Waals surface area contributed by atoms with Crippen molar-refractivity contribution in [1.82, 2.24) is 5.32 Å². The van der Waals surface area contributed by atoms with Crippen molar-refractivity contribution in [3.8, 4) is 0 Å². The van der Waals surface area contributed by atoms with E-state index in [0.29, 0.717) is 22.3 Å². The van der Waals surface area contributed by atoms with Crippen molar-refractivity contribution >= 4 is 50.8 Å². The topological polar surface area (TPSA) is 63.2 Å². The minimum Gasteiger partial charge on any atom is -0.344 e. The third kappa shape index (κ3) is 6.08. The second-order valence-electron chi connectivity index (χ2n) is 6.14. The first-order valence-electron chi connectivity index (χ1n) is 8.28. The van der Waals surface area contributed by atoms with Gasteiger partial charge in [0.2, 0.25) is 5.12 Å². The van der Waals surface area contributed by atoms with Gasteiger partial charge in [0.05, 0.1) is 0 Å². The summed E-state index contributed by atoms with van der Waals surface area (Å²) in [6.07, 6.45) is 1.09. The highest BCUT2D eigenvalue weighted by molar-refractivity contribution is 8.15. The van der Waals surface area contributed by atoms with Crippen molar-refractivity contribution in [3.63, 3.8) is 0 Å². The Balaban J connectivity index is 0.000000142. The van der Waals surface area contributed by atoms with Crippen LogP contribution >= 0.6 is 35.3 Å². The summed E-state index contributed by atoms with van der Waals surface area (Å²) in [4.78, 5) is 32.1. The van der Waals surface area contributed by atoms with E-state index in [2.05, 4.69) is 12.2 Å². The van der Waals surface area contributed by atoms with Crippen LogP contribution in [-0.4, -0.2) is 33.0 Å². The van der Waals surface area contributed by atoms with Crippen LogP contribution in [-0.2, 0) is 4.79 Å². The zero-order valence-corrected chi connectivity index (χ0v) is 17.1. The Hall–Kier alpha value is -0.920. The number of benzene rings is 1. The zero-order valence-electron chi connectivity index (χ0n) is 14.6. The number of hydrogen-bond acceptors (Lipinski definition) is 6. The molecule has 3 aliphatic heterocycles. The SMILES string of the molecule is CC1CCSC1=O.CC1CSC(=O)N1.CC1SC(=O)c2ccccc21. The second kappa shape index (κ2) is 9.69. The Morgan fingerprint density at radius 3 is 2.16 bits per heavy atom. The lowest BCUT2D eigenvalue weighted by Crippen LogP contribution is -2.21. The molecule has 2 fully saturated rings. The Morgan fingerprint density at radius 1 is 1.04 bits per heavy atom. The van der Waals surface area contributed by atoms with E-state index in [4.69, 9.17) is 0 Å². The normalized spacial score (nSPS) is 27.0. The number of nitrogens with one attached hydrogen (secondary N) is 1. The lowest BCUT2D eigenvalue weighted by atomic mass is 10.1. The summed E-state index contributed by atoms with van der Waals surface area (Å²) in [5, 5.41) is 3.80. The molecule has 2 saturated heterocycles. The number of carbonyl (C=O) groups excluding carboxylic acids is 3. The summed E-state index contributed by atoms with van der Waals surface area (Å²) in [6.45, 7) is 6.05. The van der Waals surface area contributed by atoms with Crippen molar-refractivity contribution in [1.29, 1.82) is 0 Å². The molecule has 0 aromatic heterocycles. The quantitative estimate of drug-likeness (QED) is 0.681. The molecule has 3 unspecified atom stereocenters. The molecule has 3 aliphatic rings. The molecule has 0 aliphatic carbocycles. The van der Waals surface area contributed by atoms with Gasteiger partial charge in [-0.3, -0.25) is 14.4 Å². The number of fused-ring (bicyclic) bond motifs is 1. The van der Waals surface area contributed by atoms with Gasteiger partial charge in [-0.1, -0.05) is 66.5 Å². The fourth-order valence-corrected chi connectivity index (χ4v) is 5.22. The molecular weight excluding hydrogens is 374 g/mol. The number of rotatable bonds is 0. The van der Waals surface area contributed by atoms with Gasteiger partial charge >= 0.3 is 0 Å². The van der Waals surface area contributed by atoms with E-state index >= 15 is 0 Å². The minimum atomic E-state index is 0.118. The average Bonchev–Trinajstić information content (AvgIpc) is 3.23. The third-order valence-corrected chi connectivity index (χ3v) is 7.14. The van der Waals surface area contributed by atoms with E-state index in [1.165, 1.54) is 40.8 Å². The van der Waals surface area contributed by atoms with Crippen LogP contribution in [0.1, 0.15) is 48.4 Å². The molecule has 0 spiro atoms. The van der Waals surface area contributed by atoms with Crippen molar-refractivity contribution in [2.24, 2.45) is 5.92 Å². The molecule has 1 aromatic carbocycles. The first-order valence-corrected chi connectivity index (χ1v) is 11.1. The maximum Gasteiger partial charge on any atom is 0.279 e. The molecule has 0 saturated carbocycles. The second-order valence-corrected chi connectivity index (χ2v) is 9.54. The van der Waals surface area contributed by atoms with Crippen molar-refractivity contribution in [2.45, 2.75) is 38.5 Å². The van der Waals surface area contributed by atoms with Gasteiger partial charge in [0.1, 0.15) is 0 Å². The van der Waals surface area contributed by atoms with Crippen LogP contribution in [0.5, 0.6) is 0 Å². The van der Waals surface area contributed by atoms with Gasteiger partial charge in [0, 0.05) is 34.3 Å². The summed E-state index contributed by atoms with van der Waals surface area (Å²) in [6, 6.07) is 8.20. The van der Waals surface area contributed by atoms with Crippen LogP contribution in [0.3, 0.4) is 0 Å². The van der Waals surface area contributed by atoms with Crippen molar-refractivity contribution in [3.05, 3.63) is 35.4 Å². The van der Waals surface area contributed by atoms with Gasteiger partial charge < -0.3 is 5.32 Å². The van der Waals surface area contributed by atoms with E-state index in [0.717, 1.165) is 23.5 Å². The fraction of sp³-hybridized carbons (Fsp3) is 0.500. The Bertz CT molecular complexity index is 650. The number of amides is 1. The van der Waals surface area contributed by atoms with E-state index in [1.54, 1.807) is 0 Å². The minimum absolute atomic E-state index is 0.118. The first-order chi connectivity index (χ1) is 11.9. The van der Waals surface area contributed by atoms with Crippen LogP contribution in [0.2, 0.25) is 0 Å². The third-order valence-electron chi connectivity index (χ3n) is 3.93. The Kier molecular flexibility index (Phi) is 7.90. The molecule has 3 atom stereocenters. The lowest BCUT2D eigenvalue weighted by Gasteiger charge is -1.98. The summed E-state index contributed by atoms with van der Waals surface area (Å²) in [7, 11) is 0. The molecule has 1 aromatic rings. The predicted molar refractivity (Wildman–Crippen MR) is 108 cm³/mol. The summed E-state index contributed by atoms with van der Waals surface area (Å²) < 4.78 is 0. The molecule has 0 radical (unpaired) electrons. The molecule has 136 valence electrons. The smallest absolute Gasteiger partial charge is 0.279 e. The van der Waals surface area contributed by atoms with Crippen LogP contribution in [0, 0.1) is 5.92 Å². The van der Waals surface area contributed by atoms with Crippen LogP contribution in [0.4, 0.5) is 4.79 Å². The highest BCUT2D eigenvalue weighted by atomic mass is 32.2. The maximum absolute atomic E-state index is 11.2. The highest BCUT2D eigenvalue weighted by Crippen LogP contribution is 2.40. The first kappa shape index (κ1) is 20.4. The van der Waals surface area contributed by atoms with Crippen LogP contribution in [0.15, 0.2) is 24.3 Å². The van der Waals surface area contributed by atoms with E-state index < -0.39 is 0 Å². The maximum atomic E-state index is 11.2. The van der Waals surface area contributed by atoms with E-state index in [1.807, 2.05) is 38.1 Å². The summed E-state index contributed by atoms with van der Waals surface area (Å²) in [5.74, 6) is 2.31. The summed E-state index contributed by atoms with van der Waals surface area (Å²) in [5.41, 5.74) is 2.08. The standard InChI is InChI=1S/C9H8OS.C5H8OS.C4H7NOS/c1-6-7-4-2-3-5-8(7)9(10)11-6;1-4-2-3-7-5(4)6;1-3-2-7-4(6)5-3/h2-6H,1H3;4H,2-3H2,1H3;3H,2H2,1H3,(H,5,6). The van der Waals surface area contributed by atoms with E-state index in [9.17, 15) is 14.4 Å². The highest BCUT2D eigenvalue weighted by Gasteiger charge is 2.25. The number of thioether (sulfide) groups is 3. The van der Waals surface area contributed by atoms with Gasteiger partial charge in [0.25, 0.3) is 5.24 Å². The average molecular weight is 398 g/mol. The van der Waals surface area contributed by atoms with Gasteiger partial charge in [0.15, 0.2) is 5.12 Å². The summed E-state index contributed by atoms with van der Waals surface area (Å²) >= 11 is 4.23. The number of hydrogen-bond donors (Lipinski definition) is 1. The molecule has 25 heavy (non-hydrogen) atoms. The molecule has 1 amide bonds.